The average Bonchev–Trinajstić information content (AvgIpc) is 2.47. The van der Waals surface area contributed by atoms with E-state index >= 15 is 0 Å². The van der Waals surface area contributed by atoms with Gasteiger partial charge in [-0.05, 0) is 24.5 Å². The molecule has 18 heavy (non-hydrogen) atoms. The third kappa shape index (κ3) is 2.04. The van der Waals surface area contributed by atoms with Crippen molar-refractivity contribution in [1.82, 2.24) is 0 Å². The van der Waals surface area contributed by atoms with Gasteiger partial charge in [0.2, 0.25) is 0 Å². The van der Waals surface area contributed by atoms with Crippen LogP contribution in [0.2, 0.25) is 0 Å². The number of rotatable bonds is 2. The van der Waals surface area contributed by atoms with Crippen molar-refractivity contribution < 1.29 is 14.2 Å². The van der Waals surface area contributed by atoms with Crippen LogP contribution in [0.4, 0.5) is 0 Å². The molecule has 0 fully saturated rings. The molecule has 96 valence electrons. The summed E-state index contributed by atoms with van der Waals surface area (Å²) in [5.74, 6) is 1.56. The highest BCUT2D eigenvalue weighted by molar-refractivity contribution is 5.50. The van der Waals surface area contributed by atoms with Crippen LogP contribution in [0, 0.1) is 0 Å². The molecule has 4 nitrogen and oxygen atoms in total. The fraction of sp³-hybridized carbons (Fsp3) is 0.429. The molecule has 0 aliphatic carbocycles. The van der Waals surface area contributed by atoms with Gasteiger partial charge in [-0.25, -0.2) is 0 Å². The maximum absolute atomic E-state index is 6.31. The van der Waals surface area contributed by atoms with Gasteiger partial charge in [-0.1, -0.05) is 12.1 Å². The maximum Gasteiger partial charge on any atom is 0.166 e. The normalized spacial score (nSPS) is 19.7. The first kappa shape index (κ1) is 11.4. The summed E-state index contributed by atoms with van der Waals surface area (Å²) < 4.78 is 16.6. The maximum atomic E-state index is 6.31. The largest absolute Gasteiger partial charge is 0.501 e. The van der Waals surface area contributed by atoms with Crippen LogP contribution in [0.25, 0.3) is 0 Å². The second kappa shape index (κ2) is 4.90. The van der Waals surface area contributed by atoms with Crippen LogP contribution in [-0.4, -0.2) is 19.8 Å². The van der Waals surface area contributed by atoms with E-state index in [0.717, 1.165) is 42.1 Å². The second-order valence-electron chi connectivity index (χ2n) is 4.52. The first-order valence-corrected chi connectivity index (χ1v) is 6.31. The summed E-state index contributed by atoms with van der Waals surface area (Å²) in [5, 5.41) is 0. The fourth-order valence-corrected chi connectivity index (χ4v) is 2.35. The van der Waals surface area contributed by atoms with Crippen LogP contribution >= 0.6 is 0 Å². The Kier molecular flexibility index (Phi) is 3.11. The Labute approximate surface area is 106 Å². The van der Waals surface area contributed by atoms with Crippen LogP contribution in [0.5, 0.6) is 11.5 Å². The van der Waals surface area contributed by atoms with Gasteiger partial charge in [0.1, 0.15) is 13.2 Å². The van der Waals surface area contributed by atoms with Crippen LogP contribution < -0.4 is 15.2 Å². The minimum absolute atomic E-state index is 0.179. The Morgan fingerprint density at radius 3 is 2.83 bits per heavy atom. The molecule has 0 bridgehead atoms. The van der Waals surface area contributed by atoms with E-state index in [-0.39, 0.29) is 6.04 Å². The molecule has 0 saturated heterocycles. The summed E-state index contributed by atoms with van der Waals surface area (Å²) in [6.45, 7) is 1.95. The predicted octanol–water partition coefficient (Wildman–Crippen LogP) is 2.15. The summed E-state index contributed by atoms with van der Waals surface area (Å²) in [4.78, 5) is 0. The molecule has 0 aromatic heterocycles. The zero-order valence-corrected chi connectivity index (χ0v) is 10.2. The van der Waals surface area contributed by atoms with Gasteiger partial charge in [0.15, 0.2) is 11.5 Å². The number of fused-ring (bicyclic) bond motifs is 1. The Balaban J connectivity index is 1.93. The molecule has 2 heterocycles. The van der Waals surface area contributed by atoms with E-state index in [0.29, 0.717) is 13.2 Å². The van der Waals surface area contributed by atoms with Crippen molar-refractivity contribution in [3.8, 4) is 11.5 Å². The molecule has 4 heteroatoms. The van der Waals surface area contributed by atoms with Crippen LogP contribution in [0.3, 0.4) is 0 Å². The molecule has 1 unspecified atom stereocenters. The molecule has 0 saturated carbocycles. The van der Waals surface area contributed by atoms with Gasteiger partial charge in [-0.3, -0.25) is 0 Å². The quantitative estimate of drug-likeness (QED) is 0.870. The SMILES string of the molecule is NC(C1=COCCC1)c1cccc2c1OCCO2. The number of para-hydroxylation sites is 1. The zero-order chi connectivity index (χ0) is 12.4. The first-order chi connectivity index (χ1) is 8.86. The number of ether oxygens (including phenoxy) is 3. The molecule has 1 aromatic carbocycles. The fourth-order valence-electron chi connectivity index (χ4n) is 2.35. The summed E-state index contributed by atoms with van der Waals surface area (Å²) >= 11 is 0. The summed E-state index contributed by atoms with van der Waals surface area (Å²) in [7, 11) is 0. The molecule has 2 aliphatic heterocycles. The highest BCUT2D eigenvalue weighted by Crippen LogP contribution is 2.39. The number of hydrogen-bond acceptors (Lipinski definition) is 4. The minimum Gasteiger partial charge on any atom is -0.501 e. The lowest BCUT2D eigenvalue weighted by molar-refractivity contribution is 0.169. The topological polar surface area (TPSA) is 53.7 Å². The van der Waals surface area contributed by atoms with Crippen LogP contribution in [0.1, 0.15) is 24.4 Å². The van der Waals surface area contributed by atoms with Crippen molar-refractivity contribution in [2.75, 3.05) is 19.8 Å². The predicted molar refractivity (Wildman–Crippen MR) is 67.6 cm³/mol. The molecule has 3 rings (SSSR count). The number of hydrogen-bond donors (Lipinski definition) is 1. The molecular formula is C14H17NO3. The smallest absolute Gasteiger partial charge is 0.166 e. The molecule has 1 atom stereocenters. The Bertz CT molecular complexity index is 470. The van der Waals surface area contributed by atoms with E-state index in [1.54, 1.807) is 6.26 Å². The zero-order valence-electron chi connectivity index (χ0n) is 10.2. The van der Waals surface area contributed by atoms with Gasteiger partial charge in [-0.2, -0.15) is 0 Å². The van der Waals surface area contributed by atoms with Crippen molar-refractivity contribution >= 4 is 0 Å². The third-order valence-corrected chi connectivity index (χ3v) is 3.29. The average molecular weight is 247 g/mol. The van der Waals surface area contributed by atoms with Gasteiger partial charge in [0.25, 0.3) is 0 Å². The van der Waals surface area contributed by atoms with E-state index < -0.39 is 0 Å². The van der Waals surface area contributed by atoms with Gasteiger partial charge in [0, 0.05) is 5.56 Å². The van der Waals surface area contributed by atoms with Gasteiger partial charge < -0.3 is 19.9 Å². The highest BCUT2D eigenvalue weighted by atomic mass is 16.6. The molecule has 0 spiro atoms. The van der Waals surface area contributed by atoms with Crippen molar-refractivity contribution in [3.05, 3.63) is 35.6 Å². The van der Waals surface area contributed by atoms with E-state index in [2.05, 4.69) is 0 Å². The van der Waals surface area contributed by atoms with E-state index in [1.807, 2.05) is 18.2 Å². The van der Waals surface area contributed by atoms with E-state index in [1.165, 1.54) is 0 Å². The van der Waals surface area contributed by atoms with Gasteiger partial charge >= 0.3 is 0 Å². The third-order valence-electron chi connectivity index (χ3n) is 3.29. The lowest BCUT2D eigenvalue weighted by Crippen LogP contribution is -2.21. The highest BCUT2D eigenvalue weighted by Gasteiger charge is 2.23. The molecule has 0 amide bonds. The Morgan fingerprint density at radius 2 is 2.00 bits per heavy atom. The lowest BCUT2D eigenvalue weighted by Gasteiger charge is -2.25. The van der Waals surface area contributed by atoms with Crippen molar-refractivity contribution in [2.24, 2.45) is 5.73 Å². The first-order valence-electron chi connectivity index (χ1n) is 6.31. The van der Waals surface area contributed by atoms with Crippen LogP contribution in [0.15, 0.2) is 30.0 Å². The number of benzene rings is 1. The molecular weight excluding hydrogens is 230 g/mol. The van der Waals surface area contributed by atoms with Gasteiger partial charge in [0.05, 0.1) is 18.9 Å². The molecule has 1 aromatic rings. The van der Waals surface area contributed by atoms with Crippen molar-refractivity contribution in [2.45, 2.75) is 18.9 Å². The summed E-state index contributed by atoms with van der Waals surface area (Å²) in [5.41, 5.74) is 8.40. The Hall–Kier alpha value is -1.68. The Morgan fingerprint density at radius 1 is 1.11 bits per heavy atom. The van der Waals surface area contributed by atoms with Gasteiger partial charge in [-0.15, -0.1) is 0 Å². The monoisotopic (exact) mass is 247 g/mol. The summed E-state index contributed by atoms with van der Waals surface area (Å²) in [6, 6.07) is 5.68. The van der Waals surface area contributed by atoms with Crippen molar-refractivity contribution in [3.63, 3.8) is 0 Å². The van der Waals surface area contributed by atoms with Crippen LogP contribution in [-0.2, 0) is 4.74 Å². The van der Waals surface area contributed by atoms with E-state index in [9.17, 15) is 0 Å². The van der Waals surface area contributed by atoms with Crippen molar-refractivity contribution in [1.29, 1.82) is 0 Å². The molecule has 0 radical (unpaired) electrons. The second-order valence-corrected chi connectivity index (χ2v) is 4.52. The number of nitrogens with two attached hydrogens (primary N) is 1. The minimum atomic E-state index is -0.179. The lowest BCUT2D eigenvalue weighted by atomic mass is 9.95. The standard InChI is InChI=1S/C14H17NO3/c15-13(10-3-2-6-16-9-10)11-4-1-5-12-14(11)18-8-7-17-12/h1,4-5,9,13H,2-3,6-8,15H2. The molecule has 2 aliphatic rings. The summed E-state index contributed by atoms with van der Waals surface area (Å²) in [6.07, 6.45) is 3.79. The van der Waals surface area contributed by atoms with E-state index in [4.69, 9.17) is 19.9 Å². The molecule has 2 N–H and O–H groups in total.